The molecule has 0 aliphatic heterocycles. The molecule has 0 aliphatic rings. The molecule has 1 amide bonds. The standard InChI is InChI=1S/C16H21NO6/c1-10(2)7-13(16(21)22-3)17-14(19)9-23-15(20)11-5-4-6-12(18)8-11/h4-6,8,10,13,18H,7,9H2,1-3H3,(H,17,19)/t13-/m1/s1. The Labute approximate surface area is 134 Å². The van der Waals surface area contributed by atoms with Gasteiger partial charge in [0.2, 0.25) is 0 Å². The van der Waals surface area contributed by atoms with Crippen molar-refractivity contribution in [1.29, 1.82) is 0 Å². The van der Waals surface area contributed by atoms with Crippen molar-refractivity contribution in [2.45, 2.75) is 26.3 Å². The van der Waals surface area contributed by atoms with Gasteiger partial charge in [-0.3, -0.25) is 4.79 Å². The Morgan fingerprint density at radius 2 is 1.96 bits per heavy atom. The van der Waals surface area contributed by atoms with E-state index in [1.807, 2.05) is 13.8 Å². The van der Waals surface area contributed by atoms with Gasteiger partial charge in [0.1, 0.15) is 11.8 Å². The lowest BCUT2D eigenvalue weighted by Gasteiger charge is -2.18. The van der Waals surface area contributed by atoms with E-state index in [2.05, 4.69) is 10.1 Å². The molecule has 0 aliphatic carbocycles. The fourth-order valence-electron chi connectivity index (χ4n) is 1.91. The highest BCUT2D eigenvalue weighted by Crippen LogP contribution is 2.12. The lowest BCUT2D eigenvalue weighted by atomic mass is 10.0. The summed E-state index contributed by atoms with van der Waals surface area (Å²) in [6, 6.07) is 4.80. The molecule has 0 saturated carbocycles. The summed E-state index contributed by atoms with van der Waals surface area (Å²) in [4.78, 5) is 35.2. The number of benzene rings is 1. The Kier molecular flexibility index (Phi) is 7.05. The quantitative estimate of drug-likeness (QED) is 0.732. The number of phenolic OH excluding ortho intramolecular Hbond substituents is 1. The number of carbonyl (C=O) groups is 3. The van der Waals surface area contributed by atoms with Gasteiger partial charge >= 0.3 is 11.9 Å². The minimum atomic E-state index is -0.785. The average molecular weight is 323 g/mol. The Hall–Kier alpha value is -2.57. The molecule has 1 aromatic carbocycles. The van der Waals surface area contributed by atoms with Crippen LogP contribution in [0.3, 0.4) is 0 Å². The van der Waals surface area contributed by atoms with E-state index in [4.69, 9.17) is 4.74 Å². The third-order valence-electron chi connectivity index (χ3n) is 2.94. The SMILES string of the molecule is COC(=O)[C@@H](CC(C)C)NC(=O)COC(=O)c1cccc(O)c1. The van der Waals surface area contributed by atoms with Crippen LogP contribution in [0.25, 0.3) is 0 Å². The fraction of sp³-hybridized carbons (Fsp3) is 0.438. The number of methoxy groups -OCH3 is 1. The third kappa shape index (κ3) is 6.37. The first kappa shape index (κ1) is 18.5. The summed E-state index contributed by atoms with van der Waals surface area (Å²) in [7, 11) is 1.24. The van der Waals surface area contributed by atoms with Crippen LogP contribution in [0.4, 0.5) is 0 Å². The van der Waals surface area contributed by atoms with Crippen LogP contribution in [0.5, 0.6) is 5.75 Å². The van der Waals surface area contributed by atoms with Gasteiger partial charge in [-0.2, -0.15) is 0 Å². The molecule has 126 valence electrons. The highest BCUT2D eigenvalue weighted by molar-refractivity contribution is 5.92. The molecule has 0 unspecified atom stereocenters. The molecule has 0 aromatic heterocycles. The van der Waals surface area contributed by atoms with Crippen LogP contribution in [0.2, 0.25) is 0 Å². The minimum absolute atomic E-state index is 0.0772. The maximum absolute atomic E-state index is 11.8. The molecule has 0 bridgehead atoms. The van der Waals surface area contributed by atoms with Gasteiger partial charge in [0.05, 0.1) is 12.7 Å². The number of esters is 2. The van der Waals surface area contributed by atoms with Crippen LogP contribution < -0.4 is 5.32 Å². The maximum atomic E-state index is 11.8. The first-order valence-corrected chi connectivity index (χ1v) is 7.16. The van der Waals surface area contributed by atoms with Gasteiger partial charge in [-0.1, -0.05) is 19.9 Å². The predicted octanol–water partition coefficient (Wildman–Crippen LogP) is 1.25. The highest BCUT2D eigenvalue weighted by atomic mass is 16.5. The molecule has 7 nitrogen and oxygen atoms in total. The molecule has 1 rings (SSSR count). The smallest absolute Gasteiger partial charge is 0.338 e. The van der Waals surface area contributed by atoms with Crippen LogP contribution in [0, 0.1) is 5.92 Å². The molecule has 2 N–H and O–H groups in total. The zero-order chi connectivity index (χ0) is 17.4. The van der Waals surface area contributed by atoms with Crippen molar-refractivity contribution in [2.75, 3.05) is 13.7 Å². The number of carbonyl (C=O) groups excluding carboxylic acids is 3. The van der Waals surface area contributed by atoms with Crippen molar-refractivity contribution in [3.63, 3.8) is 0 Å². The maximum Gasteiger partial charge on any atom is 0.338 e. The zero-order valence-corrected chi connectivity index (χ0v) is 13.4. The number of hydrogen-bond acceptors (Lipinski definition) is 6. The second-order valence-corrected chi connectivity index (χ2v) is 5.40. The first-order chi connectivity index (χ1) is 10.8. The summed E-state index contributed by atoms with van der Waals surface area (Å²) in [5, 5.41) is 11.8. The van der Waals surface area contributed by atoms with E-state index in [1.54, 1.807) is 0 Å². The molecule has 1 aromatic rings. The molecule has 0 saturated heterocycles. The Balaban J connectivity index is 2.54. The van der Waals surface area contributed by atoms with Crippen molar-refractivity contribution >= 4 is 17.8 Å². The van der Waals surface area contributed by atoms with Crippen LogP contribution in [-0.2, 0) is 19.1 Å². The van der Waals surface area contributed by atoms with Crippen LogP contribution in [-0.4, -0.2) is 42.7 Å². The first-order valence-electron chi connectivity index (χ1n) is 7.16. The van der Waals surface area contributed by atoms with Crippen molar-refractivity contribution in [3.8, 4) is 5.75 Å². The summed E-state index contributed by atoms with van der Waals surface area (Å²) in [6.45, 7) is 3.29. The molecule has 0 heterocycles. The summed E-state index contributed by atoms with van der Waals surface area (Å²) in [6.07, 6.45) is 0.416. The fourth-order valence-corrected chi connectivity index (χ4v) is 1.91. The van der Waals surface area contributed by atoms with Gasteiger partial charge in [-0.05, 0) is 30.5 Å². The van der Waals surface area contributed by atoms with Crippen LogP contribution in [0.1, 0.15) is 30.6 Å². The van der Waals surface area contributed by atoms with E-state index in [0.717, 1.165) is 0 Å². The van der Waals surface area contributed by atoms with E-state index in [0.29, 0.717) is 6.42 Å². The Morgan fingerprint density at radius 3 is 2.52 bits per heavy atom. The van der Waals surface area contributed by atoms with Crippen molar-refractivity contribution in [3.05, 3.63) is 29.8 Å². The second-order valence-electron chi connectivity index (χ2n) is 5.40. The van der Waals surface area contributed by atoms with Crippen LogP contribution >= 0.6 is 0 Å². The lowest BCUT2D eigenvalue weighted by Crippen LogP contribution is -2.44. The Bertz CT molecular complexity index is 569. The van der Waals surface area contributed by atoms with Gasteiger partial charge in [-0.25, -0.2) is 9.59 Å². The van der Waals surface area contributed by atoms with E-state index in [-0.39, 0.29) is 17.2 Å². The summed E-state index contributed by atoms with van der Waals surface area (Å²) in [5.74, 6) is -1.80. The van der Waals surface area contributed by atoms with Gasteiger partial charge in [0.15, 0.2) is 6.61 Å². The average Bonchev–Trinajstić information content (AvgIpc) is 2.50. The lowest BCUT2D eigenvalue weighted by molar-refractivity contribution is -0.145. The number of ether oxygens (including phenoxy) is 2. The van der Waals surface area contributed by atoms with Gasteiger partial charge in [-0.15, -0.1) is 0 Å². The third-order valence-corrected chi connectivity index (χ3v) is 2.94. The summed E-state index contributed by atoms with van der Waals surface area (Å²) < 4.78 is 9.48. The number of aromatic hydroxyl groups is 1. The second kappa shape index (κ2) is 8.77. The molecule has 0 fully saturated rings. The van der Waals surface area contributed by atoms with E-state index >= 15 is 0 Å². The predicted molar refractivity (Wildman–Crippen MR) is 81.8 cm³/mol. The number of phenols is 1. The number of nitrogens with one attached hydrogen (secondary N) is 1. The largest absolute Gasteiger partial charge is 0.508 e. The summed E-state index contributed by atoms with van der Waals surface area (Å²) >= 11 is 0. The van der Waals surface area contributed by atoms with Crippen molar-refractivity contribution < 1.29 is 29.0 Å². The normalized spacial score (nSPS) is 11.7. The van der Waals surface area contributed by atoms with Crippen molar-refractivity contribution in [2.24, 2.45) is 5.92 Å². The van der Waals surface area contributed by atoms with E-state index in [1.165, 1.54) is 31.4 Å². The zero-order valence-electron chi connectivity index (χ0n) is 13.4. The molecule has 1 atom stereocenters. The van der Waals surface area contributed by atoms with E-state index < -0.39 is 30.5 Å². The van der Waals surface area contributed by atoms with Crippen LogP contribution in [0.15, 0.2) is 24.3 Å². The number of hydrogen-bond donors (Lipinski definition) is 2. The molecule has 0 spiro atoms. The molecular weight excluding hydrogens is 302 g/mol. The van der Waals surface area contributed by atoms with Gasteiger partial charge < -0.3 is 19.9 Å². The summed E-state index contributed by atoms with van der Waals surface area (Å²) in [5.41, 5.74) is 0.129. The molecule has 7 heteroatoms. The molecule has 0 radical (unpaired) electrons. The van der Waals surface area contributed by atoms with Gasteiger partial charge in [0.25, 0.3) is 5.91 Å². The topological polar surface area (TPSA) is 102 Å². The monoisotopic (exact) mass is 323 g/mol. The van der Waals surface area contributed by atoms with Gasteiger partial charge in [0, 0.05) is 0 Å². The highest BCUT2D eigenvalue weighted by Gasteiger charge is 2.23. The minimum Gasteiger partial charge on any atom is -0.508 e. The van der Waals surface area contributed by atoms with Crippen molar-refractivity contribution in [1.82, 2.24) is 5.32 Å². The molecular formula is C16H21NO6. The Morgan fingerprint density at radius 1 is 1.26 bits per heavy atom. The number of amides is 1. The molecule has 23 heavy (non-hydrogen) atoms. The number of rotatable bonds is 7. The van der Waals surface area contributed by atoms with E-state index in [9.17, 15) is 19.5 Å².